The maximum atomic E-state index is 5.92. The fourth-order valence-corrected chi connectivity index (χ4v) is 14.6. The third-order valence-electron chi connectivity index (χ3n) is 20.1. The third kappa shape index (κ3) is 10.8. The summed E-state index contributed by atoms with van der Waals surface area (Å²) in [5.74, 6) is 0.701. The highest BCUT2D eigenvalue weighted by atomic mass is 15.2. The van der Waals surface area contributed by atoms with Crippen LogP contribution in [0.1, 0.15) is 105 Å². The Morgan fingerprint density at radius 1 is 0.253 bits per heavy atom. The number of benzene rings is 13. The van der Waals surface area contributed by atoms with E-state index in [4.69, 9.17) is 9.97 Å². The maximum Gasteiger partial charge on any atom is 0.252 e. The second-order valence-electron chi connectivity index (χ2n) is 30.8. The molecule has 0 amide bonds. The number of anilines is 6. The zero-order valence-corrected chi connectivity index (χ0v) is 56.7. The van der Waals surface area contributed by atoms with Crippen molar-refractivity contribution in [1.82, 2.24) is 9.97 Å². The predicted molar refractivity (Wildman–Crippen MR) is 408 cm³/mol. The van der Waals surface area contributed by atoms with E-state index < -0.39 is 0 Å². The van der Waals surface area contributed by atoms with Gasteiger partial charge >= 0.3 is 0 Å². The molecule has 0 aliphatic carbocycles. The Labute approximate surface area is 560 Å². The Kier molecular flexibility index (Phi) is 13.9. The molecule has 0 fully saturated rings. The van der Waals surface area contributed by atoms with Crippen molar-refractivity contribution >= 4 is 100 Å². The quantitative estimate of drug-likeness (QED) is 0.118. The summed E-state index contributed by atoms with van der Waals surface area (Å²) in [4.78, 5) is 16.8. The van der Waals surface area contributed by atoms with E-state index in [1.54, 1.807) is 0 Å². The van der Waals surface area contributed by atoms with E-state index in [2.05, 4.69) is 354 Å². The minimum Gasteiger partial charge on any atom is -0.311 e. The average molecular weight is 1230 g/mol. The largest absolute Gasteiger partial charge is 0.311 e. The number of fused-ring (bicyclic) bond motifs is 8. The van der Waals surface area contributed by atoms with Crippen molar-refractivity contribution in [3.05, 3.63) is 283 Å². The van der Waals surface area contributed by atoms with Gasteiger partial charge in [-0.15, -0.1) is 0 Å². The molecule has 3 heterocycles. The van der Waals surface area contributed by atoms with Crippen molar-refractivity contribution in [3.63, 3.8) is 0 Å². The lowest BCUT2D eigenvalue weighted by molar-refractivity contribution is 0.568. The summed E-state index contributed by atoms with van der Waals surface area (Å²) in [5.41, 5.74) is 24.5. The number of nitrogens with zero attached hydrogens (tertiary/aromatic N) is 4. The standard InChI is InChI=1S/C90H79BN4/c1-87(2,3)71-43-68(44-72(53-71)88(4,5)6)79-55-80(93-86(92-79)70-45-73(89(7,8)9)54-74(46-70)90(10,11)12)69-51-83-85-84(52-69)95(76-37-33-59(34-38-76)57-25-17-14-18-26-57)82-50-67-42-63-30-22-20-28-61(63)40-65(67)48-78(82)91(85)77-47-64-39-60-27-19-21-29-62(60)41-66(64)49-81(77)94(83)75-35-31-58(32-36-75)56-23-15-13-16-24-56/h13-55H,1-12H3. The molecule has 2 aliphatic rings. The minimum atomic E-state index is -0.172. The van der Waals surface area contributed by atoms with Crippen LogP contribution >= 0.6 is 0 Å². The van der Waals surface area contributed by atoms with Crippen molar-refractivity contribution in [3.8, 4) is 56.2 Å². The average Bonchev–Trinajstić information content (AvgIpc) is 0.690. The van der Waals surface area contributed by atoms with Gasteiger partial charge in [0.15, 0.2) is 5.82 Å². The van der Waals surface area contributed by atoms with E-state index in [1.165, 1.54) is 104 Å². The highest BCUT2D eigenvalue weighted by Crippen LogP contribution is 2.49. The first-order valence-electron chi connectivity index (χ1n) is 33.8. The van der Waals surface area contributed by atoms with Crippen molar-refractivity contribution < 1.29 is 0 Å². The zero-order chi connectivity index (χ0) is 65.4. The van der Waals surface area contributed by atoms with Gasteiger partial charge in [0.2, 0.25) is 0 Å². The molecular weight excluding hydrogens is 1150 g/mol. The molecule has 4 nitrogen and oxygen atoms in total. The second-order valence-corrected chi connectivity index (χ2v) is 30.8. The van der Waals surface area contributed by atoms with Crippen LogP contribution in [0.4, 0.5) is 34.1 Å². The molecule has 13 aromatic carbocycles. The van der Waals surface area contributed by atoms with E-state index in [-0.39, 0.29) is 28.4 Å². The van der Waals surface area contributed by atoms with Crippen LogP contribution in [0.25, 0.3) is 99.2 Å². The summed E-state index contributed by atoms with van der Waals surface area (Å²) < 4.78 is 0. The molecule has 2 aliphatic heterocycles. The molecule has 1 aromatic heterocycles. The summed E-state index contributed by atoms with van der Waals surface area (Å²) in [6, 6.07) is 98.6. The summed E-state index contributed by atoms with van der Waals surface area (Å²) in [7, 11) is 0. The van der Waals surface area contributed by atoms with Crippen LogP contribution in [-0.2, 0) is 21.7 Å². The number of rotatable bonds is 7. The van der Waals surface area contributed by atoms with Crippen LogP contribution in [0, 0.1) is 0 Å². The van der Waals surface area contributed by atoms with E-state index in [0.29, 0.717) is 5.82 Å². The summed E-state index contributed by atoms with van der Waals surface area (Å²) in [6.45, 7) is 27.6. The van der Waals surface area contributed by atoms with E-state index in [9.17, 15) is 0 Å². The first kappa shape index (κ1) is 59.6. The van der Waals surface area contributed by atoms with Gasteiger partial charge in [-0.05, 0) is 229 Å². The monoisotopic (exact) mass is 1230 g/mol. The van der Waals surface area contributed by atoms with Gasteiger partial charge in [0, 0.05) is 50.8 Å². The molecule has 0 spiro atoms. The van der Waals surface area contributed by atoms with Crippen molar-refractivity contribution in [2.24, 2.45) is 0 Å². The Bertz CT molecular complexity index is 5000. The molecular formula is C90H79BN4. The molecule has 95 heavy (non-hydrogen) atoms. The minimum absolute atomic E-state index is 0.121. The zero-order valence-electron chi connectivity index (χ0n) is 56.7. The van der Waals surface area contributed by atoms with Crippen LogP contribution < -0.4 is 26.2 Å². The van der Waals surface area contributed by atoms with Crippen LogP contribution in [-0.4, -0.2) is 16.7 Å². The molecule has 5 heteroatoms. The normalized spacial score (nSPS) is 13.2. The lowest BCUT2D eigenvalue weighted by Crippen LogP contribution is -2.61. The fourth-order valence-electron chi connectivity index (χ4n) is 14.6. The van der Waals surface area contributed by atoms with Crippen LogP contribution in [0.5, 0.6) is 0 Å². The highest BCUT2D eigenvalue weighted by molar-refractivity contribution is 7.00. The molecule has 0 unspecified atom stereocenters. The van der Waals surface area contributed by atoms with Gasteiger partial charge in [-0.1, -0.05) is 241 Å². The van der Waals surface area contributed by atoms with Gasteiger partial charge in [0.25, 0.3) is 6.71 Å². The lowest BCUT2D eigenvalue weighted by atomic mass is 9.33. The molecule has 0 atom stereocenters. The van der Waals surface area contributed by atoms with E-state index in [0.717, 1.165) is 62.2 Å². The Morgan fingerprint density at radius 3 is 0.926 bits per heavy atom. The van der Waals surface area contributed by atoms with Gasteiger partial charge in [-0.25, -0.2) is 9.97 Å². The Morgan fingerprint density at radius 2 is 0.568 bits per heavy atom. The number of aromatic nitrogens is 2. The maximum absolute atomic E-state index is 5.92. The number of hydrogen-bond donors (Lipinski definition) is 0. The fraction of sp³-hybridized carbons (Fsp3) is 0.178. The second kappa shape index (κ2) is 22.1. The van der Waals surface area contributed by atoms with Gasteiger partial charge in [0.1, 0.15) is 0 Å². The van der Waals surface area contributed by atoms with Gasteiger partial charge < -0.3 is 9.80 Å². The number of hydrogen-bond acceptors (Lipinski definition) is 4. The van der Waals surface area contributed by atoms with Gasteiger partial charge in [0.05, 0.1) is 11.4 Å². The first-order valence-corrected chi connectivity index (χ1v) is 33.8. The lowest BCUT2D eigenvalue weighted by Gasteiger charge is -2.44. The smallest absolute Gasteiger partial charge is 0.252 e. The van der Waals surface area contributed by atoms with Crippen molar-refractivity contribution in [2.75, 3.05) is 9.80 Å². The molecule has 462 valence electrons. The first-order chi connectivity index (χ1) is 45.5. The van der Waals surface area contributed by atoms with Crippen molar-refractivity contribution in [2.45, 2.75) is 105 Å². The Hall–Kier alpha value is -10.4. The molecule has 0 saturated heterocycles. The molecule has 0 N–H and O–H groups in total. The predicted octanol–water partition coefficient (Wildman–Crippen LogP) is 22.7. The molecule has 16 rings (SSSR count). The molecule has 0 bridgehead atoms. The van der Waals surface area contributed by atoms with Crippen LogP contribution in [0.3, 0.4) is 0 Å². The van der Waals surface area contributed by atoms with Crippen molar-refractivity contribution in [1.29, 1.82) is 0 Å². The van der Waals surface area contributed by atoms with Crippen LogP contribution in [0.15, 0.2) is 261 Å². The molecule has 0 radical (unpaired) electrons. The Balaban J connectivity index is 1.04. The molecule has 0 saturated carbocycles. The van der Waals surface area contributed by atoms with E-state index >= 15 is 0 Å². The van der Waals surface area contributed by atoms with Crippen LogP contribution in [0.2, 0.25) is 0 Å². The van der Waals surface area contributed by atoms with Gasteiger partial charge in [-0.3, -0.25) is 0 Å². The SMILES string of the molecule is CC(C)(C)c1cc(-c2cc(-c3cc4c5c(c3)N(c3ccc(-c6ccccc6)cc3)c3cc6cc7ccccc7cc6cc3B5c3cc5cc6ccccc6cc5cc3N4c3ccc(-c4ccccc4)cc3)nc(-c3cc(C(C)(C)C)cc(C(C)(C)C)c3)n2)cc(C(C)(C)C)c1. The molecule has 14 aromatic rings. The summed E-state index contributed by atoms with van der Waals surface area (Å²) in [6.07, 6.45) is 0. The van der Waals surface area contributed by atoms with E-state index in [1.807, 2.05) is 0 Å². The summed E-state index contributed by atoms with van der Waals surface area (Å²) >= 11 is 0. The summed E-state index contributed by atoms with van der Waals surface area (Å²) in [5, 5.41) is 9.71. The van der Waals surface area contributed by atoms with Gasteiger partial charge in [-0.2, -0.15) is 0 Å². The highest BCUT2D eigenvalue weighted by Gasteiger charge is 2.44. The third-order valence-corrected chi connectivity index (χ3v) is 20.1. The topological polar surface area (TPSA) is 32.3 Å².